The Kier molecular flexibility index (Phi) is 4.62. The Bertz CT molecular complexity index is 764. The van der Waals surface area contributed by atoms with E-state index < -0.39 is 0 Å². The number of rotatable bonds is 6. The molecule has 3 rings (SSSR count). The van der Waals surface area contributed by atoms with Gasteiger partial charge in [-0.15, -0.1) is 16.4 Å². The fraction of sp³-hybridized carbons (Fsp3) is 0.588. The van der Waals surface area contributed by atoms with Gasteiger partial charge >= 0.3 is 5.69 Å². The molecule has 1 aliphatic carbocycles. The van der Waals surface area contributed by atoms with E-state index in [2.05, 4.69) is 10.4 Å². The second kappa shape index (κ2) is 6.55. The number of hydrogen-bond donors (Lipinski definition) is 1. The maximum absolute atomic E-state index is 12.6. The standard InChI is InChI=1S/C17H24N4O2S/c1-17(2,3)11-14(22)18-8-9-20-16(23)21(12-6-7-12)15(19-20)13-5-4-10-24-13/h4-5,10,12H,6-9,11H2,1-3H3,(H,18,22). The zero-order chi connectivity index (χ0) is 17.3. The number of aromatic nitrogens is 3. The van der Waals surface area contributed by atoms with E-state index in [4.69, 9.17) is 0 Å². The van der Waals surface area contributed by atoms with Crippen LogP contribution in [-0.4, -0.2) is 26.8 Å². The molecule has 24 heavy (non-hydrogen) atoms. The minimum atomic E-state index is -0.0778. The fourth-order valence-corrected chi connectivity index (χ4v) is 3.35. The Morgan fingerprint density at radius 1 is 1.42 bits per heavy atom. The Balaban J connectivity index is 1.70. The number of carbonyl (C=O) groups excluding carboxylic acids is 1. The second-order valence-corrected chi connectivity index (χ2v) is 8.44. The average Bonchev–Trinajstić information content (AvgIpc) is 3.05. The molecular weight excluding hydrogens is 324 g/mol. The normalized spacial score (nSPS) is 14.8. The van der Waals surface area contributed by atoms with E-state index in [1.165, 1.54) is 4.68 Å². The van der Waals surface area contributed by atoms with Gasteiger partial charge < -0.3 is 5.32 Å². The van der Waals surface area contributed by atoms with Gasteiger partial charge in [-0.05, 0) is 29.7 Å². The van der Waals surface area contributed by atoms with Gasteiger partial charge in [0.05, 0.1) is 11.4 Å². The number of hydrogen-bond acceptors (Lipinski definition) is 4. The van der Waals surface area contributed by atoms with Gasteiger partial charge in [0, 0.05) is 19.0 Å². The molecule has 0 saturated heterocycles. The second-order valence-electron chi connectivity index (χ2n) is 7.50. The highest BCUT2D eigenvalue weighted by atomic mass is 32.1. The quantitative estimate of drug-likeness (QED) is 0.872. The van der Waals surface area contributed by atoms with Crippen molar-refractivity contribution in [2.75, 3.05) is 6.54 Å². The van der Waals surface area contributed by atoms with Gasteiger partial charge in [0.15, 0.2) is 5.82 Å². The first-order valence-electron chi connectivity index (χ1n) is 8.35. The Labute approximate surface area is 145 Å². The highest BCUT2D eigenvalue weighted by molar-refractivity contribution is 7.13. The molecule has 0 atom stereocenters. The highest BCUT2D eigenvalue weighted by Gasteiger charge is 2.30. The van der Waals surface area contributed by atoms with Crippen molar-refractivity contribution in [1.82, 2.24) is 19.7 Å². The summed E-state index contributed by atoms with van der Waals surface area (Å²) >= 11 is 1.59. The van der Waals surface area contributed by atoms with Crippen molar-refractivity contribution >= 4 is 17.2 Å². The molecule has 0 bridgehead atoms. The summed E-state index contributed by atoms with van der Waals surface area (Å²) in [6.07, 6.45) is 2.54. The van der Waals surface area contributed by atoms with Crippen molar-refractivity contribution in [3.63, 3.8) is 0 Å². The molecule has 0 aromatic carbocycles. The van der Waals surface area contributed by atoms with Gasteiger partial charge in [-0.2, -0.15) is 0 Å². The molecule has 2 aromatic rings. The first-order chi connectivity index (χ1) is 11.3. The molecule has 1 amide bonds. The summed E-state index contributed by atoms with van der Waals surface area (Å²) in [4.78, 5) is 25.5. The number of nitrogens with zero attached hydrogens (tertiary/aromatic N) is 3. The summed E-state index contributed by atoms with van der Waals surface area (Å²) in [6, 6.07) is 4.23. The van der Waals surface area contributed by atoms with Gasteiger partial charge in [-0.3, -0.25) is 9.36 Å². The summed E-state index contributed by atoms with van der Waals surface area (Å²) < 4.78 is 3.29. The van der Waals surface area contributed by atoms with Crippen LogP contribution < -0.4 is 11.0 Å². The van der Waals surface area contributed by atoms with Gasteiger partial charge in [0.25, 0.3) is 0 Å². The van der Waals surface area contributed by atoms with Crippen molar-refractivity contribution in [1.29, 1.82) is 0 Å². The predicted octanol–water partition coefficient (Wildman–Crippen LogP) is 2.66. The molecule has 7 heteroatoms. The summed E-state index contributed by atoms with van der Waals surface area (Å²) in [5.74, 6) is 0.758. The lowest BCUT2D eigenvalue weighted by atomic mass is 9.92. The average molecular weight is 348 g/mol. The number of carbonyl (C=O) groups is 1. The highest BCUT2D eigenvalue weighted by Crippen LogP contribution is 2.37. The molecule has 2 aromatic heterocycles. The predicted molar refractivity (Wildman–Crippen MR) is 95.2 cm³/mol. The summed E-state index contributed by atoms with van der Waals surface area (Å²) in [7, 11) is 0. The van der Waals surface area contributed by atoms with E-state index in [1.807, 2.05) is 42.9 Å². The third-order valence-electron chi connectivity index (χ3n) is 3.86. The maximum Gasteiger partial charge on any atom is 0.346 e. The summed E-state index contributed by atoms with van der Waals surface area (Å²) in [5, 5.41) is 9.38. The van der Waals surface area contributed by atoms with E-state index in [0.29, 0.717) is 19.5 Å². The first kappa shape index (κ1) is 17.0. The molecule has 0 unspecified atom stereocenters. The lowest BCUT2D eigenvalue weighted by Crippen LogP contribution is -2.33. The van der Waals surface area contributed by atoms with Crippen LogP contribution in [0.2, 0.25) is 0 Å². The van der Waals surface area contributed by atoms with Crippen molar-refractivity contribution in [3.05, 3.63) is 28.0 Å². The van der Waals surface area contributed by atoms with Crippen LogP contribution in [0.3, 0.4) is 0 Å². The number of nitrogens with one attached hydrogen (secondary N) is 1. The molecule has 1 fully saturated rings. The van der Waals surface area contributed by atoms with Crippen molar-refractivity contribution < 1.29 is 4.79 Å². The smallest absolute Gasteiger partial charge is 0.346 e. The molecule has 0 spiro atoms. The Morgan fingerprint density at radius 2 is 2.17 bits per heavy atom. The molecule has 1 saturated carbocycles. The summed E-state index contributed by atoms with van der Waals surface area (Å²) in [6.45, 7) is 6.90. The van der Waals surface area contributed by atoms with E-state index in [9.17, 15) is 9.59 Å². The largest absolute Gasteiger partial charge is 0.354 e. The van der Waals surface area contributed by atoms with Crippen LogP contribution in [0.25, 0.3) is 10.7 Å². The molecular formula is C17H24N4O2S. The van der Waals surface area contributed by atoms with Crippen molar-refractivity contribution in [2.45, 2.75) is 52.6 Å². The zero-order valence-corrected chi connectivity index (χ0v) is 15.2. The lowest BCUT2D eigenvalue weighted by molar-refractivity contribution is -0.122. The van der Waals surface area contributed by atoms with Gasteiger partial charge in [0.1, 0.15) is 0 Å². The Morgan fingerprint density at radius 3 is 2.75 bits per heavy atom. The molecule has 6 nitrogen and oxygen atoms in total. The lowest BCUT2D eigenvalue weighted by Gasteiger charge is -2.17. The van der Waals surface area contributed by atoms with Crippen LogP contribution >= 0.6 is 11.3 Å². The van der Waals surface area contributed by atoms with Gasteiger partial charge in [-0.1, -0.05) is 26.8 Å². The van der Waals surface area contributed by atoms with E-state index in [0.717, 1.165) is 23.5 Å². The topological polar surface area (TPSA) is 68.9 Å². The zero-order valence-electron chi connectivity index (χ0n) is 14.4. The van der Waals surface area contributed by atoms with Crippen LogP contribution in [0, 0.1) is 5.41 Å². The number of amides is 1. The first-order valence-corrected chi connectivity index (χ1v) is 9.23. The molecule has 0 radical (unpaired) electrons. The molecule has 2 heterocycles. The van der Waals surface area contributed by atoms with E-state index in [1.54, 1.807) is 11.3 Å². The summed E-state index contributed by atoms with van der Waals surface area (Å²) in [5.41, 5.74) is -0.119. The van der Waals surface area contributed by atoms with E-state index >= 15 is 0 Å². The van der Waals surface area contributed by atoms with Crippen LogP contribution in [0.4, 0.5) is 0 Å². The van der Waals surface area contributed by atoms with Crippen LogP contribution in [-0.2, 0) is 11.3 Å². The molecule has 1 aliphatic rings. The van der Waals surface area contributed by atoms with Gasteiger partial charge in [0.2, 0.25) is 5.91 Å². The third-order valence-corrected chi connectivity index (χ3v) is 4.73. The third kappa shape index (κ3) is 3.95. The van der Waals surface area contributed by atoms with Crippen LogP contribution in [0.1, 0.15) is 46.1 Å². The van der Waals surface area contributed by atoms with Crippen molar-refractivity contribution in [3.8, 4) is 10.7 Å². The monoisotopic (exact) mass is 348 g/mol. The minimum absolute atomic E-state index is 0.00987. The maximum atomic E-state index is 12.6. The molecule has 0 aliphatic heterocycles. The Hall–Kier alpha value is -1.89. The minimum Gasteiger partial charge on any atom is -0.354 e. The molecule has 1 N–H and O–H groups in total. The van der Waals surface area contributed by atoms with Crippen LogP contribution in [0.15, 0.2) is 22.3 Å². The van der Waals surface area contributed by atoms with Crippen molar-refractivity contribution in [2.24, 2.45) is 5.41 Å². The SMILES string of the molecule is CC(C)(C)CC(=O)NCCn1nc(-c2cccs2)n(C2CC2)c1=O. The van der Waals surface area contributed by atoms with Gasteiger partial charge in [-0.25, -0.2) is 9.48 Å². The van der Waals surface area contributed by atoms with E-state index in [-0.39, 0.29) is 23.1 Å². The molecule has 130 valence electrons. The number of thiophene rings is 1. The fourth-order valence-electron chi connectivity index (χ4n) is 2.65. The van der Waals surface area contributed by atoms with Crippen LogP contribution in [0.5, 0.6) is 0 Å².